The van der Waals surface area contributed by atoms with E-state index in [4.69, 9.17) is 21.7 Å². The van der Waals surface area contributed by atoms with Gasteiger partial charge < -0.3 is 20.1 Å². The van der Waals surface area contributed by atoms with Gasteiger partial charge in [0, 0.05) is 18.2 Å². The Morgan fingerprint density at radius 2 is 1.90 bits per heavy atom. The third-order valence-electron chi connectivity index (χ3n) is 2.49. The third-order valence-corrected chi connectivity index (χ3v) is 2.69. The van der Waals surface area contributed by atoms with Crippen LogP contribution in [-0.2, 0) is 4.79 Å². The van der Waals surface area contributed by atoms with Crippen LogP contribution in [0.3, 0.4) is 0 Å². The Labute approximate surface area is 124 Å². The molecule has 0 bridgehead atoms. The fourth-order valence-electron chi connectivity index (χ4n) is 1.62. The van der Waals surface area contributed by atoms with E-state index in [9.17, 15) is 4.79 Å². The highest BCUT2D eigenvalue weighted by Crippen LogP contribution is 2.29. The Hall–Kier alpha value is -1.82. The van der Waals surface area contributed by atoms with E-state index >= 15 is 0 Å². The number of hydrogen-bond donors (Lipinski definition) is 2. The second-order valence-electron chi connectivity index (χ2n) is 4.67. The van der Waals surface area contributed by atoms with E-state index in [-0.39, 0.29) is 11.0 Å². The second-order valence-corrected chi connectivity index (χ2v) is 5.08. The molecule has 0 fully saturated rings. The number of amides is 1. The molecule has 6 heteroatoms. The van der Waals surface area contributed by atoms with Gasteiger partial charge in [-0.1, -0.05) is 13.8 Å². The summed E-state index contributed by atoms with van der Waals surface area (Å²) in [6.07, 6.45) is 0.438. The summed E-state index contributed by atoms with van der Waals surface area (Å²) in [7, 11) is 3.13. The smallest absolute Gasteiger partial charge is 0.226 e. The molecule has 1 rings (SSSR count). The SMILES string of the molecule is COc1ccc(NC(=S)NC(=O)CC(C)C)cc1OC. The average Bonchev–Trinajstić information content (AvgIpc) is 2.37. The van der Waals surface area contributed by atoms with Gasteiger partial charge in [0.25, 0.3) is 0 Å². The molecule has 1 amide bonds. The molecule has 0 atom stereocenters. The molecule has 0 heterocycles. The van der Waals surface area contributed by atoms with Crippen LogP contribution in [0, 0.1) is 5.92 Å². The quantitative estimate of drug-likeness (QED) is 0.818. The van der Waals surface area contributed by atoms with Crippen molar-refractivity contribution in [1.82, 2.24) is 5.32 Å². The number of rotatable bonds is 5. The number of benzene rings is 1. The van der Waals surface area contributed by atoms with Crippen molar-refractivity contribution in [3.8, 4) is 11.5 Å². The van der Waals surface area contributed by atoms with Crippen molar-refractivity contribution in [2.45, 2.75) is 20.3 Å². The van der Waals surface area contributed by atoms with Crippen LogP contribution in [0.5, 0.6) is 11.5 Å². The number of carbonyl (C=O) groups is 1. The first-order valence-electron chi connectivity index (χ1n) is 6.29. The predicted octanol–water partition coefficient (Wildman–Crippen LogP) is 2.56. The van der Waals surface area contributed by atoms with Crippen LogP contribution in [0.15, 0.2) is 18.2 Å². The van der Waals surface area contributed by atoms with E-state index in [2.05, 4.69) is 10.6 Å². The highest BCUT2D eigenvalue weighted by atomic mass is 32.1. The number of carbonyl (C=O) groups excluding carboxylic acids is 1. The van der Waals surface area contributed by atoms with E-state index in [1.807, 2.05) is 13.8 Å². The highest BCUT2D eigenvalue weighted by molar-refractivity contribution is 7.80. The number of methoxy groups -OCH3 is 2. The molecule has 0 saturated heterocycles. The lowest BCUT2D eigenvalue weighted by Crippen LogP contribution is -2.34. The van der Waals surface area contributed by atoms with E-state index < -0.39 is 0 Å². The molecular formula is C14H20N2O3S. The molecule has 1 aromatic carbocycles. The minimum Gasteiger partial charge on any atom is -0.493 e. The van der Waals surface area contributed by atoms with Crippen molar-refractivity contribution in [2.24, 2.45) is 5.92 Å². The molecule has 0 aliphatic rings. The summed E-state index contributed by atoms with van der Waals surface area (Å²) in [4.78, 5) is 11.6. The Kier molecular flexibility index (Phi) is 6.24. The Morgan fingerprint density at radius 1 is 1.25 bits per heavy atom. The lowest BCUT2D eigenvalue weighted by atomic mass is 10.1. The lowest BCUT2D eigenvalue weighted by Gasteiger charge is -2.13. The van der Waals surface area contributed by atoms with Gasteiger partial charge >= 0.3 is 0 Å². The summed E-state index contributed by atoms with van der Waals surface area (Å²) in [6.45, 7) is 3.95. The first-order chi connectivity index (χ1) is 9.46. The van der Waals surface area contributed by atoms with Gasteiger partial charge in [0.05, 0.1) is 14.2 Å². The van der Waals surface area contributed by atoms with Crippen molar-refractivity contribution in [2.75, 3.05) is 19.5 Å². The Balaban J connectivity index is 2.64. The maximum atomic E-state index is 11.6. The molecule has 20 heavy (non-hydrogen) atoms. The van der Waals surface area contributed by atoms with E-state index in [1.165, 1.54) is 0 Å². The molecule has 0 aromatic heterocycles. The van der Waals surface area contributed by atoms with Crippen molar-refractivity contribution in [3.63, 3.8) is 0 Å². The standard InChI is InChI=1S/C14H20N2O3S/c1-9(2)7-13(17)16-14(20)15-10-5-6-11(18-3)12(8-10)19-4/h5-6,8-9H,7H2,1-4H3,(H2,15,16,17,20). The first kappa shape index (κ1) is 16.2. The van der Waals surface area contributed by atoms with Gasteiger partial charge in [0.15, 0.2) is 16.6 Å². The Bertz CT molecular complexity index is 489. The zero-order valence-corrected chi connectivity index (χ0v) is 13.0. The molecule has 2 N–H and O–H groups in total. The molecule has 0 aliphatic carbocycles. The normalized spacial score (nSPS) is 10.1. The minimum atomic E-state index is -0.0991. The van der Waals surface area contributed by atoms with Gasteiger partial charge in [-0.3, -0.25) is 4.79 Å². The van der Waals surface area contributed by atoms with Crippen molar-refractivity contribution in [1.29, 1.82) is 0 Å². The van der Waals surface area contributed by atoms with Crippen LogP contribution in [0.4, 0.5) is 5.69 Å². The fourth-order valence-corrected chi connectivity index (χ4v) is 1.86. The highest BCUT2D eigenvalue weighted by Gasteiger charge is 2.09. The third kappa shape index (κ3) is 5.05. The Morgan fingerprint density at radius 3 is 2.45 bits per heavy atom. The summed E-state index contributed by atoms with van der Waals surface area (Å²) < 4.78 is 10.3. The molecule has 110 valence electrons. The summed E-state index contributed by atoms with van der Waals surface area (Å²) in [5, 5.41) is 5.84. The monoisotopic (exact) mass is 296 g/mol. The van der Waals surface area contributed by atoms with Crippen LogP contribution in [0.1, 0.15) is 20.3 Å². The van der Waals surface area contributed by atoms with Gasteiger partial charge in [0.2, 0.25) is 5.91 Å². The first-order valence-corrected chi connectivity index (χ1v) is 6.70. The molecule has 1 aromatic rings. The molecule has 0 spiro atoms. The molecule has 0 aliphatic heterocycles. The summed E-state index contributed by atoms with van der Waals surface area (Å²) in [5.74, 6) is 1.42. The van der Waals surface area contributed by atoms with Gasteiger partial charge in [-0.25, -0.2) is 0 Å². The molecular weight excluding hydrogens is 276 g/mol. The van der Waals surface area contributed by atoms with E-state index in [0.717, 1.165) is 5.69 Å². The number of anilines is 1. The molecule has 0 saturated carbocycles. The predicted molar refractivity (Wildman–Crippen MR) is 83.4 cm³/mol. The number of thiocarbonyl (C=S) groups is 1. The van der Waals surface area contributed by atoms with Crippen LogP contribution in [0.25, 0.3) is 0 Å². The van der Waals surface area contributed by atoms with Crippen molar-refractivity contribution < 1.29 is 14.3 Å². The van der Waals surface area contributed by atoms with Crippen LogP contribution in [-0.4, -0.2) is 25.2 Å². The topological polar surface area (TPSA) is 59.6 Å². The van der Waals surface area contributed by atoms with E-state index in [0.29, 0.717) is 23.8 Å². The summed E-state index contributed by atoms with van der Waals surface area (Å²) >= 11 is 5.09. The number of hydrogen-bond acceptors (Lipinski definition) is 4. The van der Waals surface area contributed by atoms with Crippen molar-refractivity contribution in [3.05, 3.63) is 18.2 Å². The fraction of sp³-hybridized carbons (Fsp3) is 0.429. The largest absolute Gasteiger partial charge is 0.493 e. The maximum absolute atomic E-state index is 11.6. The van der Waals surface area contributed by atoms with Crippen molar-refractivity contribution >= 4 is 28.9 Å². The zero-order chi connectivity index (χ0) is 15.1. The molecule has 0 unspecified atom stereocenters. The van der Waals surface area contributed by atoms with Gasteiger partial charge in [-0.05, 0) is 30.3 Å². The number of ether oxygens (including phenoxy) is 2. The van der Waals surface area contributed by atoms with Crippen LogP contribution >= 0.6 is 12.2 Å². The minimum absolute atomic E-state index is 0.0991. The zero-order valence-electron chi connectivity index (χ0n) is 12.1. The second kappa shape index (κ2) is 7.69. The average molecular weight is 296 g/mol. The van der Waals surface area contributed by atoms with Crippen LogP contribution in [0.2, 0.25) is 0 Å². The molecule has 5 nitrogen and oxygen atoms in total. The van der Waals surface area contributed by atoms with Gasteiger partial charge in [0.1, 0.15) is 0 Å². The number of nitrogens with one attached hydrogen (secondary N) is 2. The summed E-state index contributed by atoms with van der Waals surface area (Å²) in [5.41, 5.74) is 0.720. The summed E-state index contributed by atoms with van der Waals surface area (Å²) in [6, 6.07) is 5.31. The van der Waals surface area contributed by atoms with Gasteiger partial charge in [-0.2, -0.15) is 0 Å². The van der Waals surface area contributed by atoms with Gasteiger partial charge in [-0.15, -0.1) is 0 Å². The van der Waals surface area contributed by atoms with E-state index in [1.54, 1.807) is 32.4 Å². The van der Waals surface area contributed by atoms with Crippen LogP contribution < -0.4 is 20.1 Å². The lowest BCUT2D eigenvalue weighted by molar-refractivity contribution is -0.120. The molecule has 0 radical (unpaired) electrons. The maximum Gasteiger partial charge on any atom is 0.226 e.